The number of nitrogens with zero attached hydrogens (tertiary/aromatic N) is 5. The minimum atomic E-state index is -0.307. The molecule has 2 heterocycles. The largest absolute Gasteiger partial charge is 0.309 e. The lowest BCUT2D eigenvalue weighted by molar-refractivity contribution is 0.0980. The second kappa shape index (κ2) is 8.57. The Morgan fingerprint density at radius 2 is 2.04 bits per heavy atom. The Kier molecular flexibility index (Phi) is 6.69. The first-order valence-corrected chi connectivity index (χ1v) is 8.78. The normalized spacial score (nSPS) is 11.0. The number of thiazole rings is 1. The van der Waals surface area contributed by atoms with Gasteiger partial charge in [0.2, 0.25) is 0 Å². The van der Waals surface area contributed by atoms with Gasteiger partial charge in [-0.05, 0) is 51.3 Å². The molecule has 0 atom stereocenters. The molecule has 0 aliphatic rings. The van der Waals surface area contributed by atoms with Gasteiger partial charge in [-0.1, -0.05) is 11.3 Å². The fourth-order valence-electron chi connectivity index (χ4n) is 2.50. The van der Waals surface area contributed by atoms with Crippen molar-refractivity contribution in [3.05, 3.63) is 42.0 Å². The van der Waals surface area contributed by atoms with Gasteiger partial charge in [0.1, 0.15) is 5.82 Å². The molecular weight excluding hydrogens is 377 g/mol. The summed E-state index contributed by atoms with van der Waals surface area (Å²) in [6.45, 7) is 1.38. The highest BCUT2D eigenvalue weighted by molar-refractivity contribution is 7.22. The second-order valence-electron chi connectivity index (χ2n) is 6.10. The van der Waals surface area contributed by atoms with E-state index in [0.717, 1.165) is 17.7 Å². The van der Waals surface area contributed by atoms with Crippen LogP contribution in [-0.4, -0.2) is 52.8 Å². The van der Waals surface area contributed by atoms with Crippen molar-refractivity contribution < 1.29 is 9.18 Å². The van der Waals surface area contributed by atoms with Crippen LogP contribution in [0.3, 0.4) is 0 Å². The first-order chi connectivity index (χ1) is 11.9. The number of amides is 1. The quantitative estimate of drug-likeness (QED) is 0.641. The van der Waals surface area contributed by atoms with E-state index in [0.29, 0.717) is 22.9 Å². The fraction of sp³-hybridized carbons (Fsp3) is 0.353. The number of fused-ring (bicyclic) bond motifs is 1. The number of hydrogen-bond acceptors (Lipinski definition) is 5. The Morgan fingerprint density at radius 1 is 1.27 bits per heavy atom. The lowest BCUT2D eigenvalue weighted by Gasteiger charge is -2.20. The van der Waals surface area contributed by atoms with E-state index in [9.17, 15) is 9.18 Å². The number of benzene rings is 1. The summed E-state index contributed by atoms with van der Waals surface area (Å²) < 4.78 is 15.8. The third-order valence-electron chi connectivity index (χ3n) is 3.74. The molecule has 2 aromatic heterocycles. The summed E-state index contributed by atoms with van der Waals surface area (Å²) in [4.78, 5) is 21.1. The molecule has 0 fully saturated rings. The number of halogens is 2. The monoisotopic (exact) mass is 397 g/mol. The average Bonchev–Trinajstić information content (AvgIpc) is 3.16. The van der Waals surface area contributed by atoms with Crippen LogP contribution in [0.5, 0.6) is 0 Å². The van der Waals surface area contributed by atoms with Crippen molar-refractivity contribution in [1.82, 2.24) is 19.7 Å². The number of hydrogen-bond donors (Lipinski definition) is 0. The molecule has 0 saturated heterocycles. The first-order valence-electron chi connectivity index (χ1n) is 7.96. The van der Waals surface area contributed by atoms with E-state index in [1.807, 2.05) is 14.1 Å². The molecule has 1 aromatic carbocycles. The maximum absolute atomic E-state index is 13.4. The summed E-state index contributed by atoms with van der Waals surface area (Å²) in [6, 6.07) is 6.14. The Morgan fingerprint density at radius 3 is 2.69 bits per heavy atom. The van der Waals surface area contributed by atoms with E-state index in [1.54, 1.807) is 35.0 Å². The molecule has 140 valence electrons. The minimum Gasteiger partial charge on any atom is -0.309 e. The number of rotatable bonds is 6. The van der Waals surface area contributed by atoms with E-state index in [2.05, 4.69) is 15.0 Å². The van der Waals surface area contributed by atoms with Crippen LogP contribution in [0.1, 0.15) is 16.9 Å². The van der Waals surface area contributed by atoms with Gasteiger partial charge < -0.3 is 4.90 Å². The number of carbonyl (C=O) groups is 1. The maximum Gasteiger partial charge on any atom is 0.280 e. The summed E-state index contributed by atoms with van der Waals surface area (Å²) in [6.07, 6.45) is 2.54. The summed E-state index contributed by atoms with van der Waals surface area (Å²) in [5.41, 5.74) is 1.06. The Balaban J connectivity index is 0.00000243. The molecule has 0 aliphatic carbocycles. The third-order valence-corrected chi connectivity index (χ3v) is 4.78. The van der Waals surface area contributed by atoms with E-state index in [4.69, 9.17) is 0 Å². The molecule has 3 rings (SSSR count). The molecular formula is C17H21ClFN5OS. The molecule has 0 radical (unpaired) electrons. The van der Waals surface area contributed by atoms with Gasteiger partial charge in [0.05, 0.1) is 10.2 Å². The lowest BCUT2D eigenvalue weighted by atomic mass is 10.3. The fourth-order valence-corrected chi connectivity index (χ4v) is 3.51. The Bertz CT molecular complexity index is 894. The summed E-state index contributed by atoms with van der Waals surface area (Å²) >= 11 is 1.31. The molecule has 0 bridgehead atoms. The van der Waals surface area contributed by atoms with Crippen LogP contribution in [0, 0.1) is 5.82 Å². The Labute approximate surface area is 161 Å². The molecule has 0 unspecified atom stereocenters. The summed E-state index contributed by atoms with van der Waals surface area (Å²) in [7, 11) is 5.75. The number of anilines is 1. The highest BCUT2D eigenvalue weighted by Gasteiger charge is 2.23. The van der Waals surface area contributed by atoms with Crippen LogP contribution >= 0.6 is 23.7 Å². The second-order valence-corrected chi connectivity index (χ2v) is 7.11. The van der Waals surface area contributed by atoms with Gasteiger partial charge in [-0.2, -0.15) is 5.10 Å². The summed E-state index contributed by atoms with van der Waals surface area (Å²) in [5.74, 6) is -0.503. The topological polar surface area (TPSA) is 54.3 Å². The maximum atomic E-state index is 13.4. The van der Waals surface area contributed by atoms with Crippen molar-refractivity contribution in [3.8, 4) is 0 Å². The summed E-state index contributed by atoms with van der Waals surface area (Å²) in [5, 5.41) is 4.76. The highest BCUT2D eigenvalue weighted by Crippen LogP contribution is 2.30. The van der Waals surface area contributed by atoms with Crippen LogP contribution in [-0.2, 0) is 7.05 Å². The van der Waals surface area contributed by atoms with Crippen LogP contribution in [0.4, 0.5) is 9.52 Å². The molecule has 0 spiro atoms. The molecule has 0 aliphatic heterocycles. The standard InChI is InChI=1S/C17H20FN5OS.ClH/c1-21(2)8-4-9-23(16(24)14-7-10-22(3)20-14)17-19-13-6-5-12(18)11-15(13)25-17;/h5-7,10-11H,4,8-9H2,1-3H3;1H. The van der Waals surface area contributed by atoms with E-state index < -0.39 is 0 Å². The van der Waals surface area contributed by atoms with Gasteiger partial charge in [-0.25, -0.2) is 9.37 Å². The predicted octanol–water partition coefficient (Wildman–Crippen LogP) is 3.19. The van der Waals surface area contributed by atoms with Crippen molar-refractivity contribution in [1.29, 1.82) is 0 Å². The highest BCUT2D eigenvalue weighted by atomic mass is 35.5. The number of carbonyl (C=O) groups excluding carboxylic acids is 1. The van der Waals surface area contributed by atoms with Crippen molar-refractivity contribution >= 4 is 45.0 Å². The molecule has 3 aromatic rings. The minimum absolute atomic E-state index is 0. The molecule has 0 saturated carbocycles. The van der Waals surface area contributed by atoms with Crippen LogP contribution in [0.15, 0.2) is 30.5 Å². The molecule has 26 heavy (non-hydrogen) atoms. The SMILES string of the molecule is CN(C)CCCN(C(=O)c1ccn(C)n1)c1nc2ccc(F)cc2s1.Cl. The van der Waals surface area contributed by atoms with Gasteiger partial charge in [0.25, 0.3) is 5.91 Å². The number of aryl methyl sites for hydroxylation is 1. The van der Waals surface area contributed by atoms with Crippen molar-refractivity contribution in [3.63, 3.8) is 0 Å². The zero-order valence-electron chi connectivity index (χ0n) is 14.8. The van der Waals surface area contributed by atoms with Gasteiger partial charge in [0, 0.05) is 19.8 Å². The van der Waals surface area contributed by atoms with Gasteiger partial charge in [-0.3, -0.25) is 14.4 Å². The van der Waals surface area contributed by atoms with Crippen molar-refractivity contribution in [2.75, 3.05) is 32.1 Å². The van der Waals surface area contributed by atoms with Gasteiger partial charge >= 0.3 is 0 Å². The van der Waals surface area contributed by atoms with Gasteiger partial charge in [0.15, 0.2) is 10.8 Å². The average molecular weight is 398 g/mol. The van der Waals surface area contributed by atoms with Crippen molar-refractivity contribution in [2.24, 2.45) is 7.05 Å². The van der Waals surface area contributed by atoms with Crippen LogP contribution in [0.25, 0.3) is 10.2 Å². The zero-order valence-corrected chi connectivity index (χ0v) is 16.5. The number of aromatic nitrogens is 3. The van der Waals surface area contributed by atoms with E-state index >= 15 is 0 Å². The zero-order chi connectivity index (χ0) is 18.0. The molecule has 0 N–H and O–H groups in total. The van der Waals surface area contributed by atoms with Crippen LogP contribution < -0.4 is 4.90 Å². The molecule has 1 amide bonds. The first kappa shape index (κ1) is 20.3. The van der Waals surface area contributed by atoms with Gasteiger partial charge in [-0.15, -0.1) is 12.4 Å². The third kappa shape index (κ3) is 4.57. The van der Waals surface area contributed by atoms with E-state index in [1.165, 1.54) is 23.5 Å². The van der Waals surface area contributed by atoms with E-state index in [-0.39, 0.29) is 24.1 Å². The molecule has 9 heteroatoms. The van der Waals surface area contributed by atoms with Crippen LogP contribution in [0.2, 0.25) is 0 Å². The smallest absolute Gasteiger partial charge is 0.280 e. The predicted molar refractivity (Wildman–Crippen MR) is 105 cm³/mol. The lowest BCUT2D eigenvalue weighted by Crippen LogP contribution is -2.33. The molecule has 6 nitrogen and oxygen atoms in total. The Hall–Kier alpha value is -2.03. The van der Waals surface area contributed by atoms with Crippen molar-refractivity contribution in [2.45, 2.75) is 6.42 Å².